The SMILES string of the molecule is CCn1ccc(NCCSc2ccccc2)n1. The first kappa shape index (κ1) is 12.0. The van der Waals surface area contributed by atoms with E-state index in [-0.39, 0.29) is 0 Å². The second-order valence-corrected chi connectivity index (χ2v) is 4.81. The van der Waals surface area contributed by atoms with Crippen molar-refractivity contribution in [2.75, 3.05) is 17.6 Å². The average molecular weight is 247 g/mol. The van der Waals surface area contributed by atoms with Crippen LogP contribution in [0.1, 0.15) is 6.92 Å². The lowest BCUT2D eigenvalue weighted by molar-refractivity contribution is 0.661. The van der Waals surface area contributed by atoms with Crippen LogP contribution in [0.2, 0.25) is 0 Å². The Hall–Kier alpha value is -1.42. The molecule has 0 aliphatic heterocycles. The van der Waals surface area contributed by atoms with Crippen LogP contribution in [-0.2, 0) is 6.54 Å². The first-order valence-corrected chi connectivity index (χ1v) is 6.82. The minimum Gasteiger partial charge on any atom is -0.368 e. The normalized spacial score (nSPS) is 10.4. The summed E-state index contributed by atoms with van der Waals surface area (Å²) in [5.74, 6) is 2.00. The number of hydrogen-bond acceptors (Lipinski definition) is 3. The third kappa shape index (κ3) is 3.82. The highest BCUT2D eigenvalue weighted by atomic mass is 32.2. The third-order valence-corrected chi connectivity index (χ3v) is 3.40. The fourth-order valence-electron chi connectivity index (χ4n) is 1.50. The molecule has 4 heteroatoms. The van der Waals surface area contributed by atoms with Gasteiger partial charge in [0.2, 0.25) is 0 Å². The highest BCUT2D eigenvalue weighted by Crippen LogP contribution is 2.16. The van der Waals surface area contributed by atoms with Gasteiger partial charge in [0.25, 0.3) is 0 Å². The van der Waals surface area contributed by atoms with Gasteiger partial charge in [-0.2, -0.15) is 5.10 Å². The van der Waals surface area contributed by atoms with Crippen LogP contribution in [0.25, 0.3) is 0 Å². The molecular formula is C13H17N3S. The van der Waals surface area contributed by atoms with E-state index in [9.17, 15) is 0 Å². The summed E-state index contributed by atoms with van der Waals surface area (Å²) in [7, 11) is 0. The topological polar surface area (TPSA) is 29.9 Å². The van der Waals surface area contributed by atoms with Crippen LogP contribution in [0.15, 0.2) is 47.5 Å². The maximum absolute atomic E-state index is 4.37. The number of nitrogens with zero attached hydrogens (tertiary/aromatic N) is 2. The largest absolute Gasteiger partial charge is 0.368 e. The van der Waals surface area contributed by atoms with Gasteiger partial charge in [-0.3, -0.25) is 4.68 Å². The zero-order valence-corrected chi connectivity index (χ0v) is 10.8. The van der Waals surface area contributed by atoms with Crippen LogP contribution < -0.4 is 5.32 Å². The van der Waals surface area contributed by atoms with Crippen molar-refractivity contribution in [3.63, 3.8) is 0 Å². The van der Waals surface area contributed by atoms with Gasteiger partial charge in [-0.15, -0.1) is 11.8 Å². The predicted molar refractivity (Wildman–Crippen MR) is 73.6 cm³/mol. The summed E-state index contributed by atoms with van der Waals surface area (Å²) in [4.78, 5) is 1.31. The van der Waals surface area contributed by atoms with Gasteiger partial charge in [0, 0.05) is 36.0 Å². The van der Waals surface area contributed by atoms with Gasteiger partial charge in [0.05, 0.1) is 0 Å². The van der Waals surface area contributed by atoms with Crippen molar-refractivity contribution in [1.29, 1.82) is 0 Å². The van der Waals surface area contributed by atoms with E-state index < -0.39 is 0 Å². The number of thioether (sulfide) groups is 1. The monoisotopic (exact) mass is 247 g/mol. The molecule has 0 amide bonds. The minimum atomic E-state index is 0.917. The molecule has 1 heterocycles. The number of aromatic nitrogens is 2. The molecule has 0 spiro atoms. The summed E-state index contributed by atoms with van der Waals surface area (Å²) in [6.45, 7) is 3.93. The van der Waals surface area contributed by atoms with E-state index in [4.69, 9.17) is 0 Å². The molecule has 0 fully saturated rings. The molecule has 1 aromatic carbocycles. The fourth-order valence-corrected chi connectivity index (χ4v) is 2.29. The van der Waals surface area contributed by atoms with Crippen LogP contribution in [0.5, 0.6) is 0 Å². The average Bonchev–Trinajstić information content (AvgIpc) is 2.84. The van der Waals surface area contributed by atoms with Crippen molar-refractivity contribution >= 4 is 17.6 Å². The smallest absolute Gasteiger partial charge is 0.148 e. The van der Waals surface area contributed by atoms with Crippen LogP contribution in [0.4, 0.5) is 5.82 Å². The second-order valence-electron chi connectivity index (χ2n) is 3.64. The Morgan fingerprint density at radius 1 is 1.24 bits per heavy atom. The van der Waals surface area contributed by atoms with E-state index in [1.54, 1.807) is 0 Å². The molecule has 0 aliphatic rings. The van der Waals surface area contributed by atoms with Gasteiger partial charge in [-0.1, -0.05) is 18.2 Å². The predicted octanol–water partition coefficient (Wildman–Crippen LogP) is 3.11. The molecule has 3 nitrogen and oxygen atoms in total. The lowest BCUT2D eigenvalue weighted by Gasteiger charge is -2.03. The molecule has 0 saturated heterocycles. The fraction of sp³-hybridized carbons (Fsp3) is 0.308. The zero-order chi connectivity index (χ0) is 11.9. The van der Waals surface area contributed by atoms with Gasteiger partial charge < -0.3 is 5.32 Å². The molecule has 1 N–H and O–H groups in total. The van der Waals surface area contributed by atoms with Gasteiger partial charge in [-0.25, -0.2) is 0 Å². The molecule has 17 heavy (non-hydrogen) atoms. The van der Waals surface area contributed by atoms with Crippen molar-refractivity contribution in [2.24, 2.45) is 0 Å². The molecular weight excluding hydrogens is 230 g/mol. The van der Waals surface area contributed by atoms with Crippen LogP contribution in [0, 0.1) is 0 Å². The molecule has 0 atom stereocenters. The molecule has 0 radical (unpaired) electrons. The van der Waals surface area contributed by atoms with E-state index in [1.807, 2.05) is 34.8 Å². The summed E-state index contributed by atoms with van der Waals surface area (Å²) >= 11 is 1.86. The number of hydrogen-bond donors (Lipinski definition) is 1. The van der Waals surface area contributed by atoms with E-state index in [2.05, 4.69) is 41.6 Å². The van der Waals surface area contributed by atoms with Gasteiger partial charge >= 0.3 is 0 Å². The Labute approximate surface area is 106 Å². The highest BCUT2D eigenvalue weighted by molar-refractivity contribution is 7.99. The molecule has 0 bridgehead atoms. The Kier molecular flexibility index (Phi) is 4.50. The maximum Gasteiger partial charge on any atom is 0.148 e. The van der Waals surface area contributed by atoms with Crippen molar-refractivity contribution in [3.8, 4) is 0 Å². The molecule has 0 unspecified atom stereocenters. The Bertz CT molecular complexity index is 439. The Morgan fingerprint density at radius 3 is 2.76 bits per heavy atom. The zero-order valence-electron chi connectivity index (χ0n) is 9.97. The number of benzene rings is 1. The molecule has 2 aromatic rings. The molecule has 1 aromatic heterocycles. The Morgan fingerprint density at radius 2 is 2.06 bits per heavy atom. The summed E-state index contributed by atoms with van der Waals surface area (Å²) in [6.07, 6.45) is 1.99. The van der Waals surface area contributed by atoms with Crippen molar-refractivity contribution in [3.05, 3.63) is 42.6 Å². The lowest BCUT2D eigenvalue weighted by Crippen LogP contribution is -2.05. The van der Waals surface area contributed by atoms with E-state index in [1.165, 1.54) is 4.90 Å². The van der Waals surface area contributed by atoms with E-state index in [0.29, 0.717) is 0 Å². The number of nitrogens with one attached hydrogen (secondary N) is 1. The van der Waals surface area contributed by atoms with Crippen molar-refractivity contribution < 1.29 is 0 Å². The summed E-state index contributed by atoms with van der Waals surface area (Å²) < 4.78 is 1.92. The highest BCUT2D eigenvalue weighted by Gasteiger charge is 1.96. The lowest BCUT2D eigenvalue weighted by atomic mass is 10.4. The minimum absolute atomic E-state index is 0.917. The third-order valence-electron chi connectivity index (χ3n) is 2.38. The molecule has 90 valence electrons. The van der Waals surface area contributed by atoms with Crippen LogP contribution >= 0.6 is 11.8 Å². The van der Waals surface area contributed by atoms with Crippen LogP contribution in [0.3, 0.4) is 0 Å². The number of aryl methyl sites for hydroxylation is 1. The van der Waals surface area contributed by atoms with Gasteiger partial charge in [-0.05, 0) is 19.1 Å². The molecule has 0 saturated carbocycles. The number of anilines is 1. The van der Waals surface area contributed by atoms with Gasteiger partial charge in [0.15, 0.2) is 0 Å². The van der Waals surface area contributed by atoms with Crippen LogP contribution in [-0.4, -0.2) is 22.1 Å². The molecule has 0 aliphatic carbocycles. The standard InChI is InChI=1S/C13H17N3S/c1-2-16-10-8-13(15-16)14-9-11-17-12-6-4-3-5-7-12/h3-8,10H,2,9,11H2,1H3,(H,14,15). The van der Waals surface area contributed by atoms with Gasteiger partial charge in [0.1, 0.15) is 5.82 Å². The summed E-state index contributed by atoms with van der Waals surface area (Å²) in [5.41, 5.74) is 0. The van der Waals surface area contributed by atoms with Crippen molar-refractivity contribution in [2.45, 2.75) is 18.4 Å². The van der Waals surface area contributed by atoms with E-state index in [0.717, 1.165) is 24.7 Å². The van der Waals surface area contributed by atoms with Crippen molar-refractivity contribution in [1.82, 2.24) is 9.78 Å². The Balaban J connectivity index is 1.69. The summed E-state index contributed by atoms with van der Waals surface area (Å²) in [6, 6.07) is 12.5. The first-order chi connectivity index (χ1) is 8.38. The maximum atomic E-state index is 4.37. The second kappa shape index (κ2) is 6.35. The first-order valence-electron chi connectivity index (χ1n) is 5.83. The number of rotatable bonds is 6. The van der Waals surface area contributed by atoms with E-state index >= 15 is 0 Å². The quantitative estimate of drug-likeness (QED) is 0.628. The molecule has 2 rings (SSSR count). The summed E-state index contributed by atoms with van der Waals surface area (Å²) in [5, 5.41) is 7.69.